The second-order valence-corrected chi connectivity index (χ2v) is 8.35. The second-order valence-electron chi connectivity index (χ2n) is 8.35. The third-order valence-electron chi connectivity index (χ3n) is 6.50. The summed E-state index contributed by atoms with van der Waals surface area (Å²) < 4.78 is 1.87. The van der Waals surface area contributed by atoms with Crippen molar-refractivity contribution in [1.82, 2.24) is 20.1 Å². The average Bonchev–Trinajstić information content (AvgIpc) is 2.99. The lowest BCUT2D eigenvalue weighted by Gasteiger charge is -2.55. The van der Waals surface area contributed by atoms with Gasteiger partial charge in [0.25, 0.3) is 0 Å². The van der Waals surface area contributed by atoms with Gasteiger partial charge in [0.2, 0.25) is 5.91 Å². The van der Waals surface area contributed by atoms with E-state index < -0.39 is 0 Å². The summed E-state index contributed by atoms with van der Waals surface area (Å²) in [5.74, 6) is 3.58. The van der Waals surface area contributed by atoms with E-state index in [1.165, 1.54) is 31.2 Å². The first-order chi connectivity index (χ1) is 13.0. The third-order valence-corrected chi connectivity index (χ3v) is 6.50. The Kier molecular flexibility index (Phi) is 5.02. The monoisotopic (exact) mass is 366 g/mol. The number of hydrogen-bond acceptors (Lipinski definition) is 3. The maximum absolute atomic E-state index is 12.8. The predicted octanol–water partition coefficient (Wildman–Crippen LogP) is 3.93. The molecule has 2 aliphatic carbocycles. The van der Waals surface area contributed by atoms with Crippen LogP contribution in [0.4, 0.5) is 0 Å². The van der Waals surface area contributed by atoms with Gasteiger partial charge in [0.05, 0.1) is 6.04 Å². The lowest BCUT2D eigenvalue weighted by atomic mass is 9.53. The molecule has 1 aromatic heterocycles. The van der Waals surface area contributed by atoms with Crippen LogP contribution in [0.25, 0.3) is 0 Å². The van der Waals surface area contributed by atoms with E-state index in [1.807, 2.05) is 25.5 Å². The van der Waals surface area contributed by atoms with Crippen LogP contribution in [-0.4, -0.2) is 26.7 Å². The van der Waals surface area contributed by atoms with Crippen LogP contribution in [0.2, 0.25) is 0 Å². The van der Waals surface area contributed by atoms with Gasteiger partial charge in [0.15, 0.2) is 0 Å². The Morgan fingerprint density at radius 1 is 1.19 bits per heavy atom. The minimum atomic E-state index is 0.0172. The quantitative estimate of drug-likeness (QED) is 0.872. The summed E-state index contributed by atoms with van der Waals surface area (Å²) in [7, 11) is 0. The maximum Gasteiger partial charge on any atom is 0.222 e. The molecule has 2 fully saturated rings. The van der Waals surface area contributed by atoms with Crippen molar-refractivity contribution in [3.05, 3.63) is 47.5 Å². The van der Waals surface area contributed by atoms with Crippen molar-refractivity contribution in [2.24, 2.45) is 11.8 Å². The van der Waals surface area contributed by atoms with Crippen LogP contribution in [0, 0.1) is 25.7 Å². The molecule has 144 valence electrons. The van der Waals surface area contributed by atoms with Crippen molar-refractivity contribution in [2.75, 3.05) is 0 Å². The lowest BCUT2D eigenvalue weighted by Crippen LogP contribution is -2.59. The van der Waals surface area contributed by atoms with Gasteiger partial charge in [-0.3, -0.25) is 4.79 Å². The first kappa shape index (κ1) is 18.2. The molecule has 1 heterocycles. The third kappa shape index (κ3) is 3.52. The highest BCUT2D eigenvalue weighted by Crippen LogP contribution is 2.54. The van der Waals surface area contributed by atoms with Gasteiger partial charge < -0.3 is 5.32 Å². The van der Waals surface area contributed by atoms with Crippen LogP contribution in [0.5, 0.6) is 0 Å². The smallest absolute Gasteiger partial charge is 0.222 e. The van der Waals surface area contributed by atoms with E-state index in [4.69, 9.17) is 0 Å². The van der Waals surface area contributed by atoms with Crippen molar-refractivity contribution in [3.8, 4) is 0 Å². The molecule has 0 bridgehead atoms. The summed E-state index contributed by atoms with van der Waals surface area (Å²) >= 11 is 0. The van der Waals surface area contributed by atoms with Crippen LogP contribution in [-0.2, 0) is 4.79 Å². The highest BCUT2D eigenvalue weighted by atomic mass is 16.1. The number of carbonyl (C=O) groups excluding carboxylic acids is 1. The molecule has 0 spiro atoms. The zero-order valence-corrected chi connectivity index (χ0v) is 16.6. The fourth-order valence-corrected chi connectivity index (χ4v) is 5.35. The molecule has 1 aromatic carbocycles. The number of benzene rings is 1. The molecule has 0 unspecified atom stereocenters. The van der Waals surface area contributed by atoms with Crippen LogP contribution in [0.3, 0.4) is 0 Å². The minimum Gasteiger partial charge on any atom is -0.352 e. The fraction of sp³-hybridized carbons (Fsp3) is 0.591. The van der Waals surface area contributed by atoms with Crippen molar-refractivity contribution in [1.29, 1.82) is 0 Å². The standard InChI is InChI=1S/C22H30N4O/c1-14(26-16(3)23-15(2)25-26)13-20(27)24-22-19-12-8-7-11-18(19)21(22)17-9-5-4-6-10-17/h4-6,9-10,14,18-19,21-22H,7-8,11-13H2,1-3H3,(H,24,27)/t14-,18-,19-,21+,22+/m1/s1. The number of carbonyl (C=O) groups is 1. The molecule has 27 heavy (non-hydrogen) atoms. The molecule has 4 rings (SSSR count). The molecule has 5 nitrogen and oxygen atoms in total. The highest BCUT2D eigenvalue weighted by Gasteiger charge is 2.51. The van der Waals surface area contributed by atoms with Gasteiger partial charge in [-0.2, -0.15) is 5.10 Å². The molecular formula is C22H30N4O. The Morgan fingerprint density at radius 2 is 1.89 bits per heavy atom. The molecule has 2 saturated carbocycles. The van der Waals surface area contributed by atoms with Gasteiger partial charge >= 0.3 is 0 Å². The Bertz CT molecular complexity index is 800. The van der Waals surface area contributed by atoms with Crippen molar-refractivity contribution >= 4 is 5.91 Å². The molecule has 5 heteroatoms. The Morgan fingerprint density at radius 3 is 2.56 bits per heavy atom. The van der Waals surface area contributed by atoms with Crippen LogP contribution < -0.4 is 5.32 Å². The highest BCUT2D eigenvalue weighted by molar-refractivity contribution is 5.77. The number of amides is 1. The number of rotatable bonds is 5. The summed E-state index contributed by atoms with van der Waals surface area (Å²) in [4.78, 5) is 17.2. The molecule has 0 radical (unpaired) electrons. The molecule has 1 amide bonds. The molecular weight excluding hydrogens is 336 g/mol. The minimum absolute atomic E-state index is 0.0172. The van der Waals surface area contributed by atoms with E-state index in [9.17, 15) is 4.79 Å². The molecule has 5 atom stereocenters. The number of aromatic nitrogens is 3. The molecule has 0 saturated heterocycles. The molecule has 2 aliphatic rings. The molecule has 2 aromatic rings. The Hall–Kier alpha value is -2.17. The van der Waals surface area contributed by atoms with E-state index in [0.717, 1.165) is 17.6 Å². The first-order valence-electron chi connectivity index (χ1n) is 10.3. The summed E-state index contributed by atoms with van der Waals surface area (Å²) in [5.41, 5.74) is 1.38. The zero-order valence-electron chi connectivity index (χ0n) is 16.6. The van der Waals surface area contributed by atoms with Crippen LogP contribution in [0.15, 0.2) is 30.3 Å². The predicted molar refractivity (Wildman–Crippen MR) is 105 cm³/mol. The number of hydrogen-bond donors (Lipinski definition) is 1. The molecule has 0 aliphatic heterocycles. The lowest BCUT2D eigenvalue weighted by molar-refractivity contribution is -0.125. The summed E-state index contributed by atoms with van der Waals surface area (Å²) in [5, 5.41) is 7.82. The maximum atomic E-state index is 12.8. The first-order valence-corrected chi connectivity index (χ1v) is 10.3. The Balaban J connectivity index is 1.45. The van der Waals surface area contributed by atoms with Crippen molar-refractivity contribution in [3.63, 3.8) is 0 Å². The van der Waals surface area contributed by atoms with Gasteiger partial charge in [-0.15, -0.1) is 0 Å². The number of nitrogens with one attached hydrogen (secondary N) is 1. The van der Waals surface area contributed by atoms with Crippen molar-refractivity contribution < 1.29 is 4.79 Å². The van der Waals surface area contributed by atoms with Crippen LogP contribution >= 0.6 is 0 Å². The van der Waals surface area contributed by atoms with Gasteiger partial charge in [-0.25, -0.2) is 9.67 Å². The van der Waals surface area contributed by atoms with Crippen LogP contribution in [0.1, 0.15) is 68.2 Å². The average molecular weight is 367 g/mol. The topological polar surface area (TPSA) is 59.8 Å². The van der Waals surface area contributed by atoms with E-state index in [-0.39, 0.29) is 18.0 Å². The van der Waals surface area contributed by atoms with E-state index in [2.05, 4.69) is 45.7 Å². The summed E-state index contributed by atoms with van der Waals surface area (Å²) in [6, 6.07) is 11.0. The SMILES string of the molecule is Cc1nc(C)n([C@H](C)CC(=O)N[C@H]2[C@@H]3CCCC[C@H]3[C@@H]2c2ccccc2)n1. The van der Waals surface area contributed by atoms with E-state index >= 15 is 0 Å². The van der Waals surface area contributed by atoms with Crippen molar-refractivity contribution in [2.45, 2.75) is 70.9 Å². The largest absolute Gasteiger partial charge is 0.352 e. The summed E-state index contributed by atoms with van der Waals surface area (Å²) in [6.07, 6.45) is 5.61. The van der Waals surface area contributed by atoms with Gasteiger partial charge in [-0.05, 0) is 51.0 Å². The number of nitrogens with zero attached hydrogens (tertiary/aromatic N) is 3. The normalized spacial score (nSPS) is 28.1. The number of aryl methyl sites for hydroxylation is 2. The summed E-state index contributed by atoms with van der Waals surface area (Å²) in [6.45, 7) is 5.87. The van der Waals surface area contributed by atoms with Gasteiger partial charge in [-0.1, -0.05) is 43.2 Å². The van der Waals surface area contributed by atoms with Gasteiger partial charge in [0, 0.05) is 18.4 Å². The second kappa shape index (κ2) is 7.45. The molecule has 1 N–H and O–H groups in total. The fourth-order valence-electron chi connectivity index (χ4n) is 5.35. The van der Waals surface area contributed by atoms with Gasteiger partial charge in [0.1, 0.15) is 11.6 Å². The van der Waals surface area contributed by atoms with E-state index in [1.54, 1.807) is 0 Å². The van der Waals surface area contributed by atoms with E-state index in [0.29, 0.717) is 18.3 Å². The Labute approximate surface area is 161 Å². The zero-order chi connectivity index (χ0) is 19.0. The number of fused-ring (bicyclic) bond motifs is 1.